The molecule has 2 heteroatoms. The number of hydrogen-bond acceptors (Lipinski definition) is 2. The largest absolute Gasteiger partial charge is 0.386 e. The lowest BCUT2D eigenvalue weighted by molar-refractivity contribution is -0.0322. The third-order valence-electron chi connectivity index (χ3n) is 3.80. The molecule has 1 fully saturated rings. The number of ether oxygens (including phenoxy) is 1. The summed E-state index contributed by atoms with van der Waals surface area (Å²) in [5, 5.41) is 10.1. The van der Waals surface area contributed by atoms with Crippen LogP contribution in [0, 0.1) is 12.8 Å². The minimum Gasteiger partial charge on any atom is -0.386 e. The Morgan fingerprint density at radius 1 is 1.39 bits per heavy atom. The molecule has 1 aliphatic carbocycles. The molecule has 0 aliphatic heterocycles. The van der Waals surface area contributed by atoms with Gasteiger partial charge < -0.3 is 9.84 Å². The van der Waals surface area contributed by atoms with E-state index in [1.165, 1.54) is 18.4 Å². The van der Waals surface area contributed by atoms with Gasteiger partial charge in [-0.05, 0) is 31.2 Å². The Balaban J connectivity index is 1.82. The number of rotatable bonds is 4. The highest BCUT2D eigenvalue weighted by molar-refractivity contribution is 5.24. The molecule has 3 atom stereocenters. The van der Waals surface area contributed by atoms with E-state index in [4.69, 9.17) is 4.74 Å². The average Bonchev–Trinajstić information content (AvgIpc) is 2.36. The first-order chi connectivity index (χ1) is 8.65. The minimum atomic E-state index is -0.498. The second kappa shape index (κ2) is 6.35. The Morgan fingerprint density at radius 2 is 2.22 bits per heavy atom. The van der Waals surface area contributed by atoms with Gasteiger partial charge in [-0.15, -0.1) is 0 Å². The summed E-state index contributed by atoms with van der Waals surface area (Å²) in [6.07, 6.45) is 4.70. The third kappa shape index (κ3) is 3.82. The van der Waals surface area contributed by atoms with E-state index in [-0.39, 0.29) is 0 Å². The van der Waals surface area contributed by atoms with Crippen LogP contribution in [0.4, 0.5) is 0 Å². The summed E-state index contributed by atoms with van der Waals surface area (Å²) in [7, 11) is 0. The standard InChI is InChI=1S/C16H24O2/c1-12-5-3-7-14(9-12)16(17)11-18-15-8-4-6-13(2)10-15/h3,5,7,9,13,15-17H,4,6,8,10-11H2,1-2H3. The van der Waals surface area contributed by atoms with Gasteiger partial charge in [0.05, 0.1) is 12.7 Å². The highest BCUT2D eigenvalue weighted by atomic mass is 16.5. The summed E-state index contributed by atoms with van der Waals surface area (Å²) in [5.74, 6) is 0.764. The highest BCUT2D eigenvalue weighted by Crippen LogP contribution is 2.26. The van der Waals surface area contributed by atoms with Gasteiger partial charge in [0.1, 0.15) is 6.10 Å². The van der Waals surface area contributed by atoms with E-state index in [1.54, 1.807) is 0 Å². The molecule has 2 rings (SSSR count). The van der Waals surface area contributed by atoms with Crippen LogP contribution in [-0.4, -0.2) is 17.8 Å². The van der Waals surface area contributed by atoms with Gasteiger partial charge in [-0.3, -0.25) is 0 Å². The first-order valence-corrected chi connectivity index (χ1v) is 7.01. The molecule has 1 N–H and O–H groups in total. The smallest absolute Gasteiger partial charge is 0.102 e. The van der Waals surface area contributed by atoms with Crippen molar-refractivity contribution < 1.29 is 9.84 Å². The fourth-order valence-electron chi connectivity index (χ4n) is 2.73. The quantitative estimate of drug-likeness (QED) is 0.881. The van der Waals surface area contributed by atoms with Crippen LogP contribution >= 0.6 is 0 Å². The Labute approximate surface area is 110 Å². The second-order valence-electron chi connectivity index (χ2n) is 5.66. The van der Waals surface area contributed by atoms with Crippen molar-refractivity contribution in [2.24, 2.45) is 5.92 Å². The van der Waals surface area contributed by atoms with Crippen molar-refractivity contribution >= 4 is 0 Å². The van der Waals surface area contributed by atoms with E-state index < -0.39 is 6.10 Å². The fourth-order valence-corrected chi connectivity index (χ4v) is 2.73. The molecule has 0 heterocycles. The molecule has 2 nitrogen and oxygen atoms in total. The summed E-state index contributed by atoms with van der Waals surface area (Å²) < 4.78 is 5.86. The van der Waals surface area contributed by atoms with Crippen LogP contribution in [0.1, 0.15) is 49.8 Å². The van der Waals surface area contributed by atoms with Gasteiger partial charge >= 0.3 is 0 Å². The first-order valence-electron chi connectivity index (χ1n) is 7.01. The van der Waals surface area contributed by atoms with Crippen molar-refractivity contribution in [3.63, 3.8) is 0 Å². The zero-order valence-corrected chi connectivity index (χ0v) is 11.4. The van der Waals surface area contributed by atoms with Gasteiger partial charge in [0, 0.05) is 0 Å². The van der Waals surface area contributed by atoms with Crippen molar-refractivity contribution in [3.05, 3.63) is 35.4 Å². The van der Waals surface area contributed by atoms with Gasteiger partial charge in [-0.2, -0.15) is 0 Å². The number of aliphatic hydroxyl groups excluding tert-OH is 1. The maximum absolute atomic E-state index is 10.1. The van der Waals surface area contributed by atoms with Crippen molar-refractivity contribution in [3.8, 4) is 0 Å². The molecular formula is C16H24O2. The van der Waals surface area contributed by atoms with E-state index in [2.05, 4.69) is 6.92 Å². The molecule has 0 amide bonds. The maximum atomic E-state index is 10.1. The van der Waals surface area contributed by atoms with Crippen LogP contribution in [-0.2, 0) is 4.74 Å². The maximum Gasteiger partial charge on any atom is 0.102 e. The topological polar surface area (TPSA) is 29.5 Å². The molecule has 0 radical (unpaired) electrons. The van der Waals surface area contributed by atoms with Crippen molar-refractivity contribution in [2.45, 2.75) is 51.7 Å². The van der Waals surface area contributed by atoms with Gasteiger partial charge in [0.2, 0.25) is 0 Å². The van der Waals surface area contributed by atoms with E-state index in [1.807, 2.05) is 31.2 Å². The Bertz CT molecular complexity index is 375. The minimum absolute atomic E-state index is 0.341. The average molecular weight is 248 g/mol. The molecule has 3 unspecified atom stereocenters. The molecule has 0 saturated heterocycles. The van der Waals surface area contributed by atoms with Crippen LogP contribution in [0.25, 0.3) is 0 Å². The van der Waals surface area contributed by atoms with Crippen LogP contribution < -0.4 is 0 Å². The molecular weight excluding hydrogens is 224 g/mol. The SMILES string of the molecule is Cc1cccc(C(O)COC2CCCC(C)C2)c1. The Kier molecular flexibility index (Phi) is 4.79. The highest BCUT2D eigenvalue weighted by Gasteiger charge is 2.20. The van der Waals surface area contributed by atoms with Gasteiger partial charge in [-0.25, -0.2) is 0 Å². The van der Waals surface area contributed by atoms with Crippen molar-refractivity contribution in [1.82, 2.24) is 0 Å². The molecule has 1 aromatic rings. The van der Waals surface area contributed by atoms with Crippen LogP contribution in [0.2, 0.25) is 0 Å². The second-order valence-corrected chi connectivity index (χ2v) is 5.66. The van der Waals surface area contributed by atoms with E-state index in [0.717, 1.165) is 24.3 Å². The van der Waals surface area contributed by atoms with Crippen molar-refractivity contribution in [1.29, 1.82) is 0 Å². The zero-order valence-electron chi connectivity index (χ0n) is 11.4. The predicted octanol–water partition coefficient (Wildman–Crippen LogP) is 3.62. The Hall–Kier alpha value is -0.860. The predicted molar refractivity (Wildman–Crippen MR) is 73.5 cm³/mol. The third-order valence-corrected chi connectivity index (χ3v) is 3.80. The number of benzene rings is 1. The molecule has 1 aliphatic rings. The zero-order chi connectivity index (χ0) is 13.0. The lowest BCUT2D eigenvalue weighted by Crippen LogP contribution is -2.23. The molecule has 0 aromatic heterocycles. The first kappa shape index (κ1) is 13.6. The van der Waals surface area contributed by atoms with Crippen molar-refractivity contribution in [2.75, 3.05) is 6.61 Å². The molecule has 0 bridgehead atoms. The van der Waals surface area contributed by atoms with Crippen LogP contribution in [0.5, 0.6) is 0 Å². The number of aliphatic hydroxyl groups is 1. The van der Waals surface area contributed by atoms with E-state index >= 15 is 0 Å². The monoisotopic (exact) mass is 248 g/mol. The lowest BCUT2D eigenvalue weighted by Gasteiger charge is -2.27. The van der Waals surface area contributed by atoms with Gasteiger partial charge in [0.15, 0.2) is 0 Å². The summed E-state index contributed by atoms with van der Waals surface area (Å²) in [6, 6.07) is 8.01. The Morgan fingerprint density at radius 3 is 2.94 bits per heavy atom. The summed E-state index contributed by atoms with van der Waals surface area (Å²) in [6.45, 7) is 4.74. The lowest BCUT2D eigenvalue weighted by atomic mass is 9.89. The molecule has 0 spiro atoms. The molecule has 1 aromatic carbocycles. The molecule has 100 valence electrons. The van der Waals surface area contributed by atoms with Crippen LogP contribution in [0.15, 0.2) is 24.3 Å². The molecule has 1 saturated carbocycles. The van der Waals surface area contributed by atoms with Crippen LogP contribution in [0.3, 0.4) is 0 Å². The molecule has 18 heavy (non-hydrogen) atoms. The number of hydrogen-bond donors (Lipinski definition) is 1. The fraction of sp³-hybridized carbons (Fsp3) is 0.625. The summed E-state index contributed by atoms with van der Waals surface area (Å²) in [5.41, 5.74) is 2.14. The van der Waals surface area contributed by atoms with Gasteiger partial charge in [-0.1, -0.05) is 49.6 Å². The van der Waals surface area contributed by atoms with Gasteiger partial charge in [0.25, 0.3) is 0 Å². The summed E-state index contributed by atoms with van der Waals surface area (Å²) >= 11 is 0. The van der Waals surface area contributed by atoms with E-state index in [9.17, 15) is 5.11 Å². The number of aryl methyl sites for hydroxylation is 1. The summed E-state index contributed by atoms with van der Waals surface area (Å²) in [4.78, 5) is 0. The van der Waals surface area contributed by atoms with E-state index in [0.29, 0.717) is 12.7 Å². The normalized spacial score (nSPS) is 25.9.